The molecular formula is C18H17FN2O3. The molecule has 2 rings (SSSR count). The normalized spacial score (nSPS) is 11.2. The van der Waals surface area contributed by atoms with E-state index in [0.29, 0.717) is 22.7 Å². The van der Waals surface area contributed by atoms with Gasteiger partial charge < -0.3 is 14.8 Å². The van der Waals surface area contributed by atoms with Gasteiger partial charge in [0.15, 0.2) is 0 Å². The molecule has 0 aliphatic rings. The minimum absolute atomic E-state index is 0.171. The van der Waals surface area contributed by atoms with Crippen LogP contribution in [0.25, 0.3) is 0 Å². The minimum atomic E-state index is -0.920. The van der Waals surface area contributed by atoms with E-state index < -0.39 is 17.6 Å². The summed E-state index contributed by atoms with van der Waals surface area (Å²) in [5.41, 5.74) is 1.12. The van der Waals surface area contributed by atoms with Crippen LogP contribution in [0.5, 0.6) is 11.5 Å². The lowest BCUT2D eigenvalue weighted by atomic mass is 9.98. The fourth-order valence-electron chi connectivity index (χ4n) is 2.22. The lowest BCUT2D eigenvalue weighted by molar-refractivity contribution is -0.118. The van der Waals surface area contributed by atoms with Gasteiger partial charge in [-0.25, -0.2) is 4.39 Å². The van der Waals surface area contributed by atoms with Gasteiger partial charge in [0.25, 0.3) is 0 Å². The van der Waals surface area contributed by atoms with Gasteiger partial charge in [-0.05, 0) is 48.0 Å². The third-order valence-corrected chi connectivity index (χ3v) is 3.50. The highest BCUT2D eigenvalue weighted by molar-refractivity contribution is 5.94. The predicted octanol–water partition coefficient (Wildman–Crippen LogP) is 3.16. The van der Waals surface area contributed by atoms with E-state index in [0.717, 1.165) is 0 Å². The van der Waals surface area contributed by atoms with Gasteiger partial charge in [0.05, 0.1) is 20.3 Å². The standard InChI is InChI=1S/C18H17FN2O3/c1-23-16-7-8-17(24-2)12(10-16)9-13(11-20)18(22)21-15-5-3-14(19)4-6-15/h3-8,10,13H,9H2,1-2H3,(H,21,22). The number of amides is 1. The van der Waals surface area contributed by atoms with Crippen LogP contribution in [0.3, 0.4) is 0 Å². The van der Waals surface area contributed by atoms with Crippen molar-refractivity contribution >= 4 is 11.6 Å². The largest absolute Gasteiger partial charge is 0.497 e. The molecular weight excluding hydrogens is 311 g/mol. The number of ether oxygens (including phenoxy) is 2. The van der Waals surface area contributed by atoms with Gasteiger partial charge >= 0.3 is 0 Å². The number of rotatable bonds is 6. The van der Waals surface area contributed by atoms with E-state index >= 15 is 0 Å². The second-order valence-corrected chi connectivity index (χ2v) is 5.06. The van der Waals surface area contributed by atoms with Crippen molar-refractivity contribution in [2.45, 2.75) is 6.42 Å². The highest BCUT2D eigenvalue weighted by atomic mass is 19.1. The molecule has 6 heteroatoms. The van der Waals surface area contributed by atoms with Gasteiger partial charge in [0, 0.05) is 12.1 Å². The third-order valence-electron chi connectivity index (χ3n) is 3.50. The van der Waals surface area contributed by atoms with Crippen LogP contribution < -0.4 is 14.8 Å². The van der Waals surface area contributed by atoms with Crippen molar-refractivity contribution in [3.63, 3.8) is 0 Å². The first-order valence-electron chi connectivity index (χ1n) is 7.24. The molecule has 0 aliphatic heterocycles. The molecule has 24 heavy (non-hydrogen) atoms. The van der Waals surface area contributed by atoms with Gasteiger partial charge in [-0.3, -0.25) is 4.79 Å². The SMILES string of the molecule is COc1ccc(OC)c(CC(C#N)C(=O)Nc2ccc(F)cc2)c1. The molecule has 0 fully saturated rings. The monoisotopic (exact) mass is 328 g/mol. The Kier molecular flexibility index (Phi) is 5.74. The molecule has 1 amide bonds. The first-order valence-corrected chi connectivity index (χ1v) is 7.24. The Morgan fingerprint density at radius 2 is 1.92 bits per heavy atom. The van der Waals surface area contributed by atoms with Gasteiger partial charge in [0.1, 0.15) is 23.2 Å². The molecule has 1 N–H and O–H groups in total. The molecule has 1 unspecified atom stereocenters. The van der Waals surface area contributed by atoms with E-state index in [1.54, 1.807) is 18.2 Å². The predicted molar refractivity (Wildman–Crippen MR) is 87.4 cm³/mol. The van der Waals surface area contributed by atoms with Crippen molar-refractivity contribution in [1.29, 1.82) is 5.26 Å². The molecule has 0 radical (unpaired) electrons. The molecule has 5 nitrogen and oxygen atoms in total. The van der Waals surface area contributed by atoms with Crippen molar-refractivity contribution in [1.82, 2.24) is 0 Å². The van der Waals surface area contributed by atoms with Gasteiger partial charge in [-0.15, -0.1) is 0 Å². The number of nitrogens with zero attached hydrogens (tertiary/aromatic N) is 1. The van der Waals surface area contributed by atoms with E-state index in [1.165, 1.54) is 38.5 Å². The number of anilines is 1. The molecule has 0 aromatic heterocycles. The van der Waals surface area contributed by atoms with E-state index in [4.69, 9.17) is 9.47 Å². The topological polar surface area (TPSA) is 71.3 Å². The van der Waals surface area contributed by atoms with Gasteiger partial charge in [-0.1, -0.05) is 0 Å². The number of nitrogens with one attached hydrogen (secondary N) is 1. The lowest BCUT2D eigenvalue weighted by Crippen LogP contribution is -2.23. The van der Waals surface area contributed by atoms with Gasteiger partial charge in [-0.2, -0.15) is 5.26 Å². The molecule has 1 atom stereocenters. The first kappa shape index (κ1) is 17.3. The van der Waals surface area contributed by atoms with E-state index in [1.807, 2.05) is 6.07 Å². The van der Waals surface area contributed by atoms with Crippen LogP contribution in [0, 0.1) is 23.1 Å². The quantitative estimate of drug-likeness (QED) is 0.884. The maximum absolute atomic E-state index is 12.9. The summed E-state index contributed by atoms with van der Waals surface area (Å²) in [7, 11) is 3.06. The number of halogens is 1. The molecule has 2 aromatic rings. The summed E-state index contributed by atoms with van der Waals surface area (Å²) < 4.78 is 23.3. The van der Waals surface area contributed by atoms with Crippen LogP contribution >= 0.6 is 0 Å². The Labute approximate surface area is 139 Å². The first-order chi connectivity index (χ1) is 11.6. The smallest absolute Gasteiger partial charge is 0.242 e. The summed E-state index contributed by atoms with van der Waals surface area (Å²) in [6.45, 7) is 0. The Balaban J connectivity index is 2.15. The summed E-state index contributed by atoms with van der Waals surface area (Å²) in [4.78, 5) is 12.3. The zero-order chi connectivity index (χ0) is 17.5. The Morgan fingerprint density at radius 3 is 2.50 bits per heavy atom. The third kappa shape index (κ3) is 4.23. The average Bonchev–Trinajstić information content (AvgIpc) is 2.61. The zero-order valence-corrected chi connectivity index (χ0v) is 13.4. The Hall–Kier alpha value is -3.07. The lowest BCUT2D eigenvalue weighted by Gasteiger charge is -2.14. The Morgan fingerprint density at radius 1 is 1.21 bits per heavy atom. The number of methoxy groups -OCH3 is 2. The van der Waals surface area contributed by atoms with E-state index in [2.05, 4.69) is 5.32 Å². The van der Waals surface area contributed by atoms with Crippen molar-refractivity contribution in [3.05, 3.63) is 53.8 Å². The average molecular weight is 328 g/mol. The van der Waals surface area contributed by atoms with E-state index in [-0.39, 0.29) is 6.42 Å². The van der Waals surface area contributed by atoms with Crippen LogP contribution in [0.2, 0.25) is 0 Å². The summed E-state index contributed by atoms with van der Waals surface area (Å²) in [6, 6.07) is 12.5. The molecule has 0 saturated carbocycles. The minimum Gasteiger partial charge on any atom is -0.497 e. The Bertz CT molecular complexity index is 754. The van der Waals surface area contributed by atoms with Crippen LogP contribution in [0.4, 0.5) is 10.1 Å². The molecule has 124 valence electrons. The number of hydrogen-bond acceptors (Lipinski definition) is 4. The van der Waals surface area contributed by atoms with Crippen molar-refractivity contribution in [3.8, 4) is 17.6 Å². The number of nitriles is 1. The summed E-state index contributed by atoms with van der Waals surface area (Å²) in [5, 5.41) is 11.9. The summed E-state index contributed by atoms with van der Waals surface area (Å²) in [6.07, 6.45) is 0.171. The number of benzene rings is 2. The second-order valence-electron chi connectivity index (χ2n) is 5.06. The molecule has 0 saturated heterocycles. The zero-order valence-electron chi connectivity index (χ0n) is 13.4. The fraction of sp³-hybridized carbons (Fsp3) is 0.222. The van der Waals surface area contributed by atoms with E-state index in [9.17, 15) is 14.4 Å². The van der Waals surface area contributed by atoms with Gasteiger partial charge in [0.2, 0.25) is 5.91 Å². The van der Waals surface area contributed by atoms with Crippen LogP contribution in [-0.2, 0) is 11.2 Å². The van der Waals surface area contributed by atoms with Crippen molar-refractivity contribution < 1.29 is 18.7 Å². The molecule has 0 spiro atoms. The number of carbonyl (C=O) groups is 1. The highest BCUT2D eigenvalue weighted by Gasteiger charge is 2.21. The van der Waals surface area contributed by atoms with Crippen LogP contribution in [0.15, 0.2) is 42.5 Å². The van der Waals surface area contributed by atoms with Crippen molar-refractivity contribution in [2.24, 2.45) is 5.92 Å². The molecule has 0 aliphatic carbocycles. The summed E-state index contributed by atoms with van der Waals surface area (Å²) in [5.74, 6) is -0.594. The highest BCUT2D eigenvalue weighted by Crippen LogP contribution is 2.26. The number of carbonyl (C=O) groups excluding carboxylic acids is 1. The summed E-state index contributed by atoms with van der Waals surface area (Å²) >= 11 is 0. The van der Waals surface area contributed by atoms with Crippen LogP contribution in [-0.4, -0.2) is 20.1 Å². The molecule has 0 heterocycles. The van der Waals surface area contributed by atoms with Crippen molar-refractivity contribution in [2.75, 3.05) is 19.5 Å². The number of hydrogen-bond donors (Lipinski definition) is 1. The van der Waals surface area contributed by atoms with Crippen LogP contribution in [0.1, 0.15) is 5.56 Å². The fourth-order valence-corrected chi connectivity index (χ4v) is 2.22. The molecule has 0 bridgehead atoms. The maximum atomic E-state index is 12.9. The second kappa shape index (κ2) is 7.97. The maximum Gasteiger partial charge on any atom is 0.242 e. The molecule has 2 aromatic carbocycles.